The predicted octanol–water partition coefficient (Wildman–Crippen LogP) is -1.49. The molecule has 0 saturated carbocycles. The highest BCUT2D eigenvalue weighted by atomic mass is 32.2. The molecule has 0 aliphatic rings. The molecule has 0 bridgehead atoms. The number of sulfonamides is 1. The van der Waals surface area contributed by atoms with Crippen molar-refractivity contribution in [3.05, 3.63) is 0 Å². The van der Waals surface area contributed by atoms with E-state index in [-0.39, 0.29) is 24.1 Å². The Kier molecular flexibility index (Phi) is 6.46. The lowest BCUT2D eigenvalue weighted by atomic mass is 10.1. The van der Waals surface area contributed by atoms with E-state index in [1.54, 1.807) is 14.0 Å². The normalized spacial score (nSPS) is 13.5. The molecule has 90 valence electrons. The smallest absolute Gasteiger partial charge is 0.224 e. The molecule has 0 aliphatic carbocycles. The Hall–Kier alpha value is -0.660. The van der Waals surface area contributed by atoms with E-state index in [2.05, 4.69) is 15.4 Å². The minimum atomic E-state index is -3.23. The Morgan fingerprint density at radius 2 is 1.93 bits per heavy atom. The van der Waals surface area contributed by atoms with Gasteiger partial charge in [-0.2, -0.15) is 0 Å². The number of nitrogens with one attached hydrogen (secondary N) is 3. The van der Waals surface area contributed by atoms with Crippen molar-refractivity contribution in [2.75, 3.05) is 32.9 Å². The van der Waals surface area contributed by atoms with Crippen molar-refractivity contribution in [3.63, 3.8) is 0 Å². The molecule has 1 atom stereocenters. The molecular weight excluding hydrogens is 218 g/mol. The highest BCUT2D eigenvalue weighted by Gasteiger charge is 2.12. The maximum Gasteiger partial charge on any atom is 0.224 e. The molecular formula is C8H19N3O3S. The fourth-order valence-corrected chi connectivity index (χ4v) is 1.56. The summed E-state index contributed by atoms with van der Waals surface area (Å²) < 4.78 is 24.2. The summed E-state index contributed by atoms with van der Waals surface area (Å²) in [6.07, 6.45) is 0. The van der Waals surface area contributed by atoms with E-state index in [0.717, 1.165) is 0 Å². The number of rotatable bonds is 7. The maximum atomic E-state index is 11.3. The van der Waals surface area contributed by atoms with Crippen LogP contribution >= 0.6 is 0 Å². The van der Waals surface area contributed by atoms with Crippen LogP contribution in [-0.2, 0) is 14.8 Å². The Bertz CT molecular complexity index is 290. The molecule has 7 heteroatoms. The van der Waals surface area contributed by atoms with Gasteiger partial charge in [-0.05, 0) is 14.1 Å². The van der Waals surface area contributed by atoms with Crippen LogP contribution in [0.2, 0.25) is 0 Å². The first-order chi connectivity index (χ1) is 6.93. The van der Waals surface area contributed by atoms with Crippen molar-refractivity contribution in [2.24, 2.45) is 5.92 Å². The summed E-state index contributed by atoms with van der Waals surface area (Å²) in [5.74, 6) is -0.399. The van der Waals surface area contributed by atoms with Crippen molar-refractivity contribution in [1.29, 1.82) is 0 Å². The topological polar surface area (TPSA) is 87.3 Å². The van der Waals surface area contributed by atoms with E-state index >= 15 is 0 Å². The molecule has 6 nitrogen and oxygen atoms in total. The lowest BCUT2D eigenvalue weighted by Crippen LogP contribution is -2.38. The highest BCUT2D eigenvalue weighted by Crippen LogP contribution is 1.91. The lowest BCUT2D eigenvalue weighted by molar-refractivity contribution is -0.124. The highest BCUT2D eigenvalue weighted by molar-refractivity contribution is 7.89. The number of carbonyl (C=O) groups excluding carboxylic acids is 1. The van der Waals surface area contributed by atoms with Crippen molar-refractivity contribution in [1.82, 2.24) is 15.4 Å². The van der Waals surface area contributed by atoms with Gasteiger partial charge in [-0.15, -0.1) is 0 Å². The van der Waals surface area contributed by atoms with E-state index < -0.39 is 10.0 Å². The van der Waals surface area contributed by atoms with Gasteiger partial charge >= 0.3 is 0 Å². The van der Waals surface area contributed by atoms with Crippen LogP contribution in [0.15, 0.2) is 0 Å². The minimum absolute atomic E-state index is 0.0957. The average Bonchev–Trinajstić information content (AvgIpc) is 2.18. The second kappa shape index (κ2) is 6.76. The molecule has 1 unspecified atom stereocenters. The molecule has 0 fully saturated rings. The van der Waals surface area contributed by atoms with Crippen LogP contribution < -0.4 is 15.4 Å². The maximum absolute atomic E-state index is 11.3. The standard InChI is InChI=1S/C8H19N3O3S/c1-7(6-9-2)8(12)11-4-5-15(13,14)10-3/h7,9-10H,4-6H2,1-3H3,(H,11,12). The molecule has 0 aromatic rings. The van der Waals surface area contributed by atoms with E-state index in [1.807, 2.05) is 0 Å². The third-order valence-corrected chi connectivity index (χ3v) is 3.30. The van der Waals surface area contributed by atoms with Gasteiger partial charge in [0, 0.05) is 19.0 Å². The summed E-state index contributed by atoms with van der Waals surface area (Å²) in [5.41, 5.74) is 0. The lowest BCUT2D eigenvalue weighted by Gasteiger charge is -2.11. The summed E-state index contributed by atoms with van der Waals surface area (Å²) >= 11 is 0. The van der Waals surface area contributed by atoms with Crippen LogP contribution in [0.3, 0.4) is 0 Å². The first-order valence-electron chi connectivity index (χ1n) is 4.76. The molecule has 1 amide bonds. The van der Waals surface area contributed by atoms with Gasteiger partial charge < -0.3 is 10.6 Å². The second-order valence-corrected chi connectivity index (χ2v) is 5.32. The quantitative estimate of drug-likeness (QED) is 0.503. The number of hydrogen-bond donors (Lipinski definition) is 3. The Labute approximate surface area is 90.9 Å². The van der Waals surface area contributed by atoms with Gasteiger partial charge in [0.2, 0.25) is 15.9 Å². The second-order valence-electron chi connectivity index (χ2n) is 3.27. The minimum Gasteiger partial charge on any atom is -0.355 e. The van der Waals surface area contributed by atoms with Crippen molar-refractivity contribution < 1.29 is 13.2 Å². The molecule has 0 heterocycles. The van der Waals surface area contributed by atoms with Gasteiger partial charge in [0.25, 0.3) is 0 Å². The van der Waals surface area contributed by atoms with E-state index in [0.29, 0.717) is 6.54 Å². The van der Waals surface area contributed by atoms with Crippen LogP contribution in [0.5, 0.6) is 0 Å². The molecule has 0 aromatic heterocycles. The van der Waals surface area contributed by atoms with Crippen molar-refractivity contribution >= 4 is 15.9 Å². The van der Waals surface area contributed by atoms with Crippen molar-refractivity contribution in [2.45, 2.75) is 6.92 Å². The van der Waals surface area contributed by atoms with Crippen LogP contribution in [-0.4, -0.2) is 47.3 Å². The molecule has 0 radical (unpaired) electrons. The zero-order valence-electron chi connectivity index (χ0n) is 9.33. The SMILES string of the molecule is CNCC(C)C(=O)NCCS(=O)(=O)NC. The number of amides is 1. The third-order valence-electron chi connectivity index (χ3n) is 1.94. The van der Waals surface area contributed by atoms with Crippen LogP contribution in [0, 0.1) is 5.92 Å². The fraction of sp³-hybridized carbons (Fsp3) is 0.875. The van der Waals surface area contributed by atoms with Crippen LogP contribution in [0.1, 0.15) is 6.92 Å². The monoisotopic (exact) mass is 237 g/mol. The Balaban J connectivity index is 3.82. The van der Waals surface area contributed by atoms with Crippen LogP contribution in [0.25, 0.3) is 0 Å². The van der Waals surface area contributed by atoms with Gasteiger partial charge in [-0.3, -0.25) is 4.79 Å². The van der Waals surface area contributed by atoms with Crippen LogP contribution in [0.4, 0.5) is 0 Å². The summed E-state index contributed by atoms with van der Waals surface area (Å²) in [7, 11) is -0.126. The van der Waals surface area contributed by atoms with Gasteiger partial charge in [-0.25, -0.2) is 13.1 Å². The fourth-order valence-electron chi connectivity index (χ4n) is 0.984. The molecule has 15 heavy (non-hydrogen) atoms. The molecule has 3 N–H and O–H groups in total. The number of carbonyl (C=O) groups is 1. The zero-order chi connectivity index (χ0) is 11.9. The third kappa shape index (κ3) is 6.43. The molecule has 0 saturated heterocycles. The molecule has 0 aliphatic heterocycles. The van der Waals surface area contributed by atoms with E-state index in [1.165, 1.54) is 7.05 Å². The Morgan fingerprint density at radius 3 is 2.40 bits per heavy atom. The average molecular weight is 237 g/mol. The van der Waals surface area contributed by atoms with Crippen molar-refractivity contribution in [3.8, 4) is 0 Å². The van der Waals surface area contributed by atoms with Gasteiger partial charge in [0.15, 0.2) is 0 Å². The summed E-state index contributed by atoms with van der Waals surface area (Å²) in [5, 5.41) is 5.43. The van der Waals surface area contributed by atoms with E-state index in [9.17, 15) is 13.2 Å². The zero-order valence-corrected chi connectivity index (χ0v) is 10.1. The van der Waals surface area contributed by atoms with Gasteiger partial charge in [-0.1, -0.05) is 6.92 Å². The summed E-state index contributed by atoms with van der Waals surface area (Å²) in [6.45, 7) is 2.49. The van der Waals surface area contributed by atoms with Gasteiger partial charge in [0.1, 0.15) is 0 Å². The first-order valence-corrected chi connectivity index (χ1v) is 6.41. The molecule has 0 spiro atoms. The Morgan fingerprint density at radius 1 is 1.33 bits per heavy atom. The van der Waals surface area contributed by atoms with Gasteiger partial charge in [0.05, 0.1) is 5.75 Å². The molecule has 0 aromatic carbocycles. The largest absolute Gasteiger partial charge is 0.355 e. The number of hydrogen-bond acceptors (Lipinski definition) is 4. The van der Waals surface area contributed by atoms with E-state index in [4.69, 9.17) is 0 Å². The predicted molar refractivity (Wildman–Crippen MR) is 58.9 cm³/mol. The molecule has 0 rings (SSSR count). The summed E-state index contributed by atoms with van der Waals surface area (Å²) in [6, 6.07) is 0. The summed E-state index contributed by atoms with van der Waals surface area (Å²) in [4.78, 5) is 11.3. The first kappa shape index (κ1) is 14.3.